The molecule has 1 aliphatic rings. The van der Waals surface area contributed by atoms with E-state index in [1.54, 1.807) is 24.3 Å². The molecular formula is C16H11NO3. The van der Waals surface area contributed by atoms with Crippen LogP contribution in [0, 0.1) is 0 Å². The number of furan rings is 1. The summed E-state index contributed by atoms with van der Waals surface area (Å²) >= 11 is 0. The first-order chi connectivity index (χ1) is 9.81. The largest absolute Gasteiger partial charge is 0.465 e. The number of nitrogens with zero attached hydrogens (tertiary/aromatic N) is 1. The Balaban J connectivity index is 1.79. The molecule has 98 valence electrons. The van der Waals surface area contributed by atoms with Crippen molar-refractivity contribution in [2.75, 3.05) is 0 Å². The van der Waals surface area contributed by atoms with Gasteiger partial charge in [0.1, 0.15) is 5.76 Å². The lowest BCUT2D eigenvalue weighted by Crippen LogP contribution is -2.00. The topological polar surface area (TPSA) is 51.8 Å². The fourth-order valence-electron chi connectivity index (χ4n) is 1.74. The van der Waals surface area contributed by atoms with Crippen molar-refractivity contribution < 1.29 is 13.9 Å². The Morgan fingerprint density at radius 3 is 2.60 bits per heavy atom. The first kappa shape index (κ1) is 12.2. The van der Waals surface area contributed by atoms with Crippen LogP contribution < -0.4 is 0 Å². The fourth-order valence-corrected chi connectivity index (χ4v) is 1.74. The van der Waals surface area contributed by atoms with Crippen LogP contribution in [0.5, 0.6) is 0 Å². The third-order valence-electron chi connectivity index (χ3n) is 2.68. The van der Waals surface area contributed by atoms with Crippen molar-refractivity contribution in [1.29, 1.82) is 0 Å². The number of benzene rings is 1. The van der Waals surface area contributed by atoms with E-state index in [1.165, 1.54) is 6.26 Å². The molecule has 0 spiro atoms. The smallest absolute Gasteiger partial charge is 0.363 e. The fraction of sp³-hybridized carbons (Fsp3) is 0. The Bertz CT molecular complexity index is 695. The zero-order valence-electron chi connectivity index (χ0n) is 10.5. The molecule has 0 bridgehead atoms. The van der Waals surface area contributed by atoms with Gasteiger partial charge in [-0.25, -0.2) is 9.79 Å². The van der Waals surface area contributed by atoms with Gasteiger partial charge in [-0.15, -0.1) is 0 Å². The lowest BCUT2D eigenvalue weighted by atomic mass is 10.2. The minimum absolute atomic E-state index is 0.229. The molecule has 20 heavy (non-hydrogen) atoms. The van der Waals surface area contributed by atoms with E-state index in [9.17, 15) is 4.79 Å². The van der Waals surface area contributed by atoms with Gasteiger partial charge in [-0.2, -0.15) is 0 Å². The van der Waals surface area contributed by atoms with E-state index < -0.39 is 5.97 Å². The summed E-state index contributed by atoms with van der Waals surface area (Å²) in [7, 11) is 0. The van der Waals surface area contributed by atoms with Crippen LogP contribution in [0.2, 0.25) is 0 Å². The molecule has 0 amide bonds. The number of hydrogen-bond acceptors (Lipinski definition) is 4. The molecule has 3 rings (SSSR count). The molecule has 4 nitrogen and oxygen atoms in total. The number of esters is 1. The van der Waals surface area contributed by atoms with Crippen molar-refractivity contribution in [2.45, 2.75) is 0 Å². The van der Waals surface area contributed by atoms with Gasteiger partial charge in [-0.1, -0.05) is 30.3 Å². The molecule has 0 radical (unpaired) electrons. The highest BCUT2D eigenvalue weighted by Gasteiger charge is 2.21. The van der Waals surface area contributed by atoms with Crippen molar-refractivity contribution in [1.82, 2.24) is 0 Å². The second kappa shape index (κ2) is 5.40. The first-order valence-corrected chi connectivity index (χ1v) is 6.10. The Hall–Kier alpha value is -2.88. The summed E-state index contributed by atoms with van der Waals surface area (Å²) in [6.45, 7) is 0. The minimum Gasteiger partial charge on any atom is -0.465 e. The van der Waals surface area contributed by atoms with E-state index in [4.69, 9.17) is 9.15 Å². The third kappa shape index (κ3) is 2.75. The maximum atomic E-state index is 11.6. The maximum absolute atomic E-state index is 11.6. The number of rotatable bonds is 3. The molecule has 0 unspecified atom stereocenters. The number of cyclic esters (lactones) is 1. The van der Waals surface area contributed by atoms with E-state index in [0.717, 1.165) is 5.56 Å². The molecule has 0 saturated carbocycles. The molecule has 1 aliphatic heterocycles. The first-order valence-electron chi connectivity index (χ1n) is 6.10. The highest BCUT2D eigenvalue weighted by atomic mass is 16.6. The number of hydrogen-bond donors (Lipinski definition) is 0. The van der Waals surface area contributed by atoms with Crippen molar-refractivity contribution in [3.8, 4) is 0 Å². The zero-order valence-corrected chi connectivity index (χ0v) is 10.5. The summed E-state index contributed by atoms with van der Waals surface area (Å²) in [5.41, 5.74) is 1.24. The third-order valence-corrected chi connectivity index (χ3v) is 2.68. The van der Waals surface area contributed by atoms with E-state index in [2.05, 4.69) is 4.99 Å². The van der Waals surface area contributed by atoms with Gasteiger partial charge >= 0.3 is 5.97 Å². The molecule has 1 aromatic heterocycles. The highest BCUT2D eigenvalue weighted by Crippen LogP contribution is 2.16. The average molecular weight is 265 g/mol. The Morgan fingerprint density at radius 1 is 1.00 bits per heavy atom. The highest BCUT2D eigenvalue weighted by molar-refractivity contribution is 6.11. The molecule has 0 aliphatic carbocycles. The van der Waals surface area contributed by atoms with E-state index in [1.807, 2.05) is 36.4 Å². The Morgan fingerprint density at radius 2 is 1.85 bits per heavy atom. The number of carbonyl (C=O) groups is 1. The van der Waals surface area contributed by atoms with Gasteiger partial charge in [-0.3, -0.25) is 0 Å². The van der Waals surface area contributed by atoms with Crippen molar-refractivity contribution in [3.05, 3.63) is 71.8 Å². The molecule has 0 saturated heterocycles. The van der Waals surface area contributed by atoms with Gasteiger partial charge < -0.3 is 9.15 Å². The summed E-state index contributed by atoms with van der Waals surface area (Å²) in [4.78, 5) is 15.8. The van der Waals surface area contributed by atoms with Gasteiger partial charge in [-0.05, 0) is 23.8 Å². The molecule has 0 fully saturated rings. The monoisotopic (exact) mass is 265 g/mol. The molecule has 2 heterocycles. The predicted molar refractivity (Wildman–Crippen MR) is 75.7 cm³/mol. The molecule has 0 atom stereocenters. The minimum atomic E-state index is -0.478. The number of carbonyl (C=O) groups excluding carboxylic acids is 1. The molecule has 4 heteroatoms. The van der Waals surface area contributed by atoms with E-state index >= 15 is 0 Å². The van der Waals surface area contributed by atoms with Gasteiger partial charge in [0.25, 0.3) is 0 Å². The van der Waals surface area contributed by atoms with Crippen LogP contribution in [0.15, 0.2) is 69.9 Å². The average Bonchev–Trinajstić information content (AvgIpc) is 3.09. The normalized spacial score (nSPS) is 16.7. The van der Waals surface area contributed by atoms with Crippen LogP contribution in [0.3, 0.4) is 0 Å². The Kier molecular flexibility index (Phi) is 3.29. The second-order valence-corrected chi connectivity index (χ2v) is 4.13. The van der Waals surface area contributed by atoms with Crippen LogP contribution in [-0.2, 0) is 9.53 Å². The number of aliphatic imine (C=N–C) groups is 1. The summed E-state index contributed by atoms with van der Waals surface area (Å²) in [6.07, 6.45) is 6.58. The van der Waals surface area contributed by atoms with Gasteiger partial charge in [0.05, 0.1) is 6.26 Å². The molecular weight excluding hydrogens is 254 g/mol. The summed E-state index contributed by atoms with van der Waals surface area (Å²) in [6, 6.07) is 13.2. The quantitative estimate of drug-likeness (QED) is 0.632. The SMILES string of the molecule is O=C1OC(C=Cc2ccccc2)=NC1=Cc1ccco1. The van der Waals surface area contributed by atoms with Gasteiger partial charge in [0, 0.05) is 12.2 Å². The maximum Gasteiger partial charge on any atom is 0.363 e. The molecule has 0 N–H and O–H groups in total. The van der Waals surface area contributed by atoms with Crippen LogP contribution in [0.1, 0.15) is 11.3 Å². The predicted octanol–water partition coefficient (Wildman–Crippen LogP) is 3.29. The van der Waals surface area contributed by atoms with Crippen molar-refractivity contribution in [2.24, 2.45) is 4.99 Å². The standard InChI is InChI=1S/C16H11NO3/c18-16-14(11-13-7-4-10-19-13)17-15(20-16)9-8-12-5-2-1-3-6-12/h1-11H. The molecule has 1 aromatic carbocycles. The van der Waals surface area contributed by atoms with E-state index in [0.29, 0.717) is 5.76 Å². The lowest BCUT2D eigenvalue weighted by Gasteiger charge is -1.92. The summed E-state index contributed by atoms with van der Waals surface area (Å²) < 4.78 is 10.2. The second-order valence-electron chi connectivity index (χ2n) is 4.13. The zero-order chi connectivity index (χ0) is 13.8. The van der Waals surface area contributed by atoms with E-state index in [-0.39, 0.29) is 11.6 Å². The summed E-state index contributed by atoms with van der Waals surface area (Å²) in [5, 5.41) is 0. The van der Waals surface area contributed by atoms with Crippen molar-refractivity contribution in [3.63, 3.8) is 0 Å². The lowest BCUT2D eigenvalue weighted by molar-refractivity contribution is -0.129. The van der Waals surface area contributed by atoms with Gasteiger partial charge in [0.15, 0.2) is 5.70 Å². The Labute approximate surface area is 115 Å². The van der Waals surface area contributed by atoms with Crippen LogP contribution in [0.4, 0.5) is 0 Å². The molecule has 2 aromatic rings. The van der Waals surface area contributed by atoms with Gasteiger partial charge in [0.2, 0.25) is 5.90 Å². The summed E-state index contributed by atoms with van der Waals surface area (Å²) in [5.74, 6) is 0.361. The van der Waals surface area contributed by atoms with Crippen molar-refractivity contribution >= 4 is 24.0 Å². The number of ether oxygens (including phenoxy) is 1. The van der Waals surface area contributed by atoms with Crippen LogP contribution >= 0.6 is 0 Å². The van der Waals surface area contributed by atoms with Crippen LogP contribution in [0.25, 0.3) is 12.2 Å². The van der Waals surface area contributed by atoms with Crippen LogP contribution in [-0.4, -0.2) is 11.9 Å².